The molecule has 0 aliphatic carbocycles. The summed E-state index contributed by atoms with van der Waals surface area (Å²) in [5.74, 6) is -0.202. The molecular formula is C12H14N2O3. The molecule has 0 spiro atoms. The van der Waals surface area contributed by atoms with Crippen LogP contribution in [0, 0.1) is 0 Å². The second-order valence-electron chi connectivity index (χ2n) is 3.82. The fraction of sp³-hybridized carbons (Fsp3) is 0.333. The third kappa shape index (κ3) is 2.38. The molecule has 17 heavy (non-hydrogen) atoms. The summed E-state index contributed by atoms with van der Waals surface area (Å²) in [5.41, 5.74) is 0.972. The molecule has 0 radical (unpaired) electrons. The Bertz CT molecular complexity index is 419. The average molecular weight is 234 g/mol. The minimum atomic E-state index is -0.535. The van der Waals surface area contributed by atoms with E-state index in [1.807, 2.05) is 30.3 Å². The van der Waals surface area contributed by atoms with Crippen LogP contribution in [0.4, 0.5) is 4.79 Å². The largest absolute Gasteiger partial charge is 0.447 e. The Morgan fingerprint density at radius 2 is 2.18 bits per heavy atom. The second kappa shape index (κ2) is 4.86. The lowest BCUT2D eigenvalue weighted by molar-refractivity contribution is -0.124. The molecule has 0 saturated carbocycles. The molecule has 2 rings (SSSR count). The number of benzene rings is 1. The highest BCUT2D eigenvalue weighted by atomic mass is 16.6. The number of ether oxygens (including phenoxy) is 1. The van der Waals surface area contributed by atoms with Crippen molar-refractivity contribution in [3.8, 4) is 0 Å². The first-order valence-electron chi connectivity index (χ1n) is 5.41. The molecule has 0 aromatic heterocycles. The zero-order valence-electron chi connectivity index (χ0n) is 9.55. The first-order chi connectivity index (χ1) is 8.22. The van der Waals surface area contributed by atoms with Crippen molar-refractivity contribution >= 4 is 12.0 Å². The number of nitrogens with one attached hydrogen (secondary N) is 1. The lowest BCUT2D eigenvalue weighted by Crippen LogP contribution is -2.44. The minimum absolute atomic E-state index is 0.116. The summed E-state index contributed by atoms with van der Waals surface area (Å²) in [6.45, 7) is 0.503. The van der Waals surface area contributed by atoms with Gasteiger partial charge in [-0.05, 0) is 5.56 Å². The van der Waals surface area contributed by atoms with Gasteiger partial charge in [-0.1, -0.05) is 30.3 Å². The van der Waals surface area contributed by atoms with Gasteiger partial charge in [-0.3, -0.25) is 9.69 Å². The first-order valence-corrected chi connectivity index (χ1v) is 5.41. The number of amides is 2. The van der Waals surface area contributed by atoms with Gasteiger partial charge in [-0.2, -0.15) is 0 Å². The van der Waals surface area contributed by atoms with Gasteiger partial charge in [0.25, 0.3) is 0 Å². The molecule has 90 valence electrons. The molecule has 1 aromatic rings. The van der Waals surface area contributed by atoms with E-state index in [1.165, 1.54) is 4.90 Å². The van der Waals surface area contributed by atoms with E-state index in [4.69, 9.17) is 4.74 Å². The maximum Gasteiger partial charge on any atom is 0.410 e. The van der Waals surface area contributed by atoms with E-state index in [0.29, 0.717) is 6.54 Å². The van der Waals surface area contributed by atoms with E-state index in [9.17, 15) is 9.59 Å². The minimum Gasteiger partial charge on any atom is -0.447 e. The highest BCUT2D eigenvalue weighted by Crippen LogP contribution is 2.16. The summed E-state index contributed by atoms with van der Waals surface area (Å²) in [6.07, 6.45) is -0.442. The van der Waals surface area contributed by atoms with Crippen molar-refractivity contribution in [1.29, 1.82) is 0 Å². The van der Waals surface area contributed by atoms with E-state index in [-0.39, 0.29) is 12.5 Å². The number of carbonyl (C=O) groups excluding carboxylic acids is 2. The van der Waals surface area contributed by atoms with Crippen LogP contribution in [0.2, 0.25) is 0 Å². The molecule has 1 aliphatic heterocycles. The Morgan fingerprint density at radius 3 is 2.82 bits per heavy atom. The van der Waals surface area contributed by atoms with Crippen molar-refractivity contribution in [1.82, 2.24) is 10.2 Å². The van der Waals surface area contributed by atoms with Gasteiger partial charge in [-0.25, -0.2) is 4.79 Å². The highest BCUT2D eigenvalue weighted by Gasteiger charge is 2.37. The number of nitrogens with zero attached hydrogens (tertiary/aromatic N) is 1. The van der Waals surface area contributed by atoms with Crippen LogP contribution in [0.5, 0.6) is 0 Å². The van der Waals surface area contributed by atoms with Crippen molar-refractivity contribution in [2.75, 3.05) is 13.7 Å². The molecule has 1 N–H and O–H groups in total. The van der Waals surface area contributed by atoms with Crippen LogP contribution < -0.4 is 5.32 Å². The molecule has 1 aliphatic rings. The van der Waals surface area contributed by atoms with E-state index in [0.717, 1.165) is 5.56 Å². The van der Waals surface area contributed by atoms with E-state index in [2.05, 4.69) is 5.32 Å². The van der Waals surface area contributed by atoms with Gasteiger partial charge in [0.1, 0.15) is 12.6 Å². The van der Waals surface area contributed by atoms with Crippen LogP contribution in [0.25, 0.3) is 0 Å². The fourth-order valence-corrected chi connectivity index (χ4v) is 1.79. The molecule has 1 fully saturated rings. The van der Waals surface area contributed by atoms with E-state index < -0.39 is 12.1 Å². The molecule has 2 amide bonds. The molecule has 5 heteroatoms. The Kier molecular flexibility index (Phi) is 3.27. The summed E-state index contributed by atoms with van der Waals surface area (Å²) in [4.78, 5) is 24.5. The topological polar surface area (TPSA) is 58.6 Å². The van der Waals surface area contributed by atoms with Crippen molar-refractivity contribution in [3.63, 3.8) is 0 Å². The van der Waals surface area contributed by atoms with Gasteiger partial charge in [0.15, 0.2) is 0 Å². The van der Waals surface area contributed by atoms with Gasteiger partial charge in [0.05, 0.1) is 6.54 Å². The third-order valence-electron chi connectivity index (χ3n) is 2.72. The molecule has 0 unspecified atom stereocenters. The summed E-state index contributed by atoms with van der Waals surface area (Å²) in [5, 5.41) is 2.53. The lowest BCUT2D eigenvalue weighted by atomic mass is 10.2. The SMILES string of the molecule is CNC(=O)[C@@H]1COC(=O)N1Cc1ccccc1. The zero-order chi connectivity index (χ0) is 12.3. The Labute approximate surface area is 99.4 Å². The molecule has 5 nitrogen and oxygen atoms in total. The van der Waals surface area contributed by atoms with Crippen molar-refractivity contribution < 1.29 is 14.3 Å². The number of hydrogen-bond donors (Lipinski definition) is 1. The third-order valence-corrected chi connectivity index (χ3v) is 2.72. The Balaban J connectivity index is 2.12. The summed E-state index contributed by atoms with van der Waals surface area (Å²) in [7, 11) is 1.55. The predicted molar refractivity (Wildman–Crippen MR) is 61.2 cm³/mol. The average Bonchev–Trinajstić information content (AvgIpc) is 2.72. The second-order valence-corrected chi connectivity index (χ2v) is 3.82. The van der Waals surface area contributed by atoms with Crippen molar-refractivity contribution in [2.24, 2.45) is 0 Å². The predicted octanol–water partition coefficient (Wildman–Crippen LogP) is 0.753. The number of carbonyl (C=O) groups is 2. The maximum absolute atomic E-state index is 11.6. The fourth-order valence-electron chi connectivity index (χ4n) is 1.79. The quantitative estimate of drug-likeness (QED) is 0.839. The van der Waals surface area contributed by atoms with Crippen LogP contribution in [0.15, 0.2) is 30.3 Å². The maximum atomic E-state index is 11.6. The smallest absolute Gasteiger partial charge is 0.410 e. The number of cyclic esters (lactones) is 1. The molecule has 1 aromatic carbocycles. The van der Waals surface area contributed by atoms with Gasteiger partial charge < -0.3 is 10.1 Å². The van der Waals surface area contributed by atoms with Gasteiger partial charge >= 0.3 is 6.09 Å². The standard InChI is InChI=1S/C12H14N2O3/c1-13-11(15)10-8-17-12(16)14(10)7-9-5-3-2-4-6-9/h2-6,10H,7-8H2,1H3,(H,13,15)/t10-/m0/s1. The summed E-state index contributed by atoms with van der Waals surface area (Å²) >= 11 is 0. The summed E-state index contributed by atoms with van der Waals surface area (Å²) < 4.78 is 4.90. The number of likely N-dealkylation sites (N-methyl/N-ethyl adjacent to an activating group) is 1. The van der Waals surface area contributed by atoms with Crippen LogP contribution in [-0.4, -0.2) is 36.6 Å². The number of rotatable bonds is 3. The highest BCUT2D eigenvalue weighted by molar-refractivity contribution is 5.87. The first kappa shape index (κ1) is 11.4. The normalized spacial score (nSPS) is 19.0. The van der Waals surface area contributed by atoms with E-state index >= 15 is 0 Å². The number of hydrogen-bond acceptors (Lipinski definition) is 3. The van der Waals surface area contributed by atoms with E-state index in [1.54, 1.807) is 7.05 Å². The summed E-state index contributed by atoms with van der Waals surface area (Å²) in [6, 6.07) is 8.98. The van der Waals surface area contributed by atoms with Crippen molar-refractivity contribution in [2.45, 2.75) is 12.6 Å². The zero-order valence-corrected chi connectivity index (χ0v) is 9.55. The molecular weight excluding hydrogens is 220 g/mol. The van der Waals surface area contributed by atoms with Gasteiger partial charge in [0, 0.05) is 7.05 Å². The van der Waals surface area contributed by atoms with Gasteiger partial charge in [-0.15, -0.1) is 0 Å². The molecule has 0 bridgehead atoms. The Hall–Kier alpha value is -2.04. The monoisotopic (exact) mass is 234 g/mol. The molecule has 1 heterocycles. The van der Waals surface area contributed by atoms with Crippen LogP contribution in [0.1, 0.15) is 5.56 Å². The van der Waals surface area contributed by atoms with Crippen LogP contribution >= 0.6 is 0 Å². The van der Waals surface area contributed by atoms with Gasteiger partial charge in [0.2, 0.25) is 5.91 Å². The van der Waals surface area contributed by atoms with Crippen LogP contribution in [0.3, 0.4) is 0 Å². The molecule has 1 saturated heterocycles. The Morgan fingerprint density at radius 1 is 1.47 bits per heavy atom. The molecule has 1 atom stereocenters. The lowest BCUT2D eigenvalue weighted by Gasteiger charge is -2.19. The van der Waals surface area contributed by atoms with Crippen LogP contribution in [-0.2, 0) is 16.1 Å². The van der Waals surface area contributed by atoms with Crippen molar-refractivity contribution in [3.05, 3.63) is 35.9 Å².